The minimum absolute atomic E-state index is 0.155. The molecule has 2 aliphatic heterocycles. The van der Waals surface area contributed by atoms with E-state index in [4.69, 9.17) is 9.47 Å². The third-order valence-electron chi connectivity index (χ3n) is 15.1. The Hall–Kier alpha value is -4.08. The molecule has 10 atom stereocenters. The van der Waals surface area contributed by atoms with Gasteiger partial charge in [0.2, 0.25) is 0 Å². The Bertz CT molecular complexity index is 2040. The number of fused-ring (bicyclic) bond motifs is 5. The van der Waals surface area contributed by atoms with Crippen molar-refractivity contribution in [1.82, 2.24) is 4.90 Å². The molecule has 3 nitrogen and oxygen atoms in total. The Morgan fingerprint density at radius 3 is 2.51 bits per heavy atom. The molecule has 0 aromatic heterocycles. The molecule has 0 radical (unpaired) electrons. The molecule has 55 heavy (non-hydrogen) atoms. The lowest BCUT2D eigenvalue weighted by Gasteiger charge is -2.43. The summed E-state index contributed by atoms with van der Waals surface area (Å²) < 4.78 is 13.3. The van der Waals surface area contributed by atoms with Crippen LogP contribution in [0.15, 0.2) is 166 Å². The predicted octanol–water partition coefficient (Wildman–Crippen LogP) is 12.1. The van der Waals surface area contributed by atoms with E-state index in [9.17, 15) is 0 Å². The molecule has 11 aliphatic rings. The highest BCUT2D eigenvalue weighted by molar-refractivity contribution is 5.48. The fourth-order valence-corrected chi connectivity index (χ4v) is 12.2. The van der Waals surface area contributed by atoms with Gasteiger partial charge >= 0.3 is 0 Å². The lowest BCUT2D eigenvalue weighted by Crippen LogP contribution is -2.40. The van der Waals surface area contributed by atoms with Gasteiger partial charge in [-0.2, -0.15) is 0 Å². The van der Waals surface area contributed by atoms with Gasteiger partial charge in [0.05, 0.1) is 18.2 Å². The highest BCUT2D eigenvalue weighted by Crippen LogP contribution is 2.50. The summed E-state index contributed by atoms with van der Waals surface area (Å²) in [7, 11) is 0. The first kappa shape index (κ1) is 34.2. The number of allylic oxidation sites excluding steroid dienone is 20. The first-order valence-corrected chi connectivity index (χ1v) is 22.0. The molecule has 0 spiro atoms. The van der Waals surface area contributed by atoms with Crippen molar-refractivity contribution in [2.24, 2.45) is 35.5 Å². The zero-order valence-electron chi connectivity index (χ0n) is 32.4. The highest BCUT2D eigenvalue weighted by atomic mass is 16.5. The summed E-state index contributed by atoms with van der Waals surface area (Å²) in [6, 6.07) is 0.377. The lowest BCUT2D eigenvalue weighted by molar-refractivity contribution is 0.0779. The number of nitrogens with zero attached hydrogens (tertiary/aromatic N) is 1. The normalized spacial score (nSPS) is 38.2. The molecule has 1 fully saturated rings. The lowest BCUT2D eigenvalue weighted by atomic mass is 9.74. The van der Waals surface area contributed by atoms with Crippen molar-refractivity contribution in [2.75, 3.05) is 0 Å². The summed E-state index contributed by atoms with van der Waals surface area (Å²) in [5.74, 6) is 4.36. The summed E-state index contributed by atoms with van der Waals surface area (Å²) in [5.41, 5.74) is 12.7. The zero-order chi connectivity index (χ0) is 36.3. The standard InChI is InChI=1S/C52H57NO2/c1-2-10-37(11-3-1)44-14-8-15-46-47-32-40(23-29-51(47)55-52(44)46)36-21-26-42(27-22-36)53(43-28-30-50-48(33-43)45-13-6-7-16-49(45)54-50)41-24-19-35(20-25-41)39-18-17-34-9-4-5-12-38(34)31-39/h1-4,6-7,9-10,13-14,16,19,23-24,26,28-30,32,36-37,39,43,45,47-51H,5,8,11-12,15,17-18,20-22,25,27,31,33H2/t36?,37?,39-,43?,45?,47?,48?,49?,50?,51?/m1/s1. The van der Waals surface area contributed by atoms with Crippen LogP contribution in [0.4, 0.5) is 0 Å². The van der Waals surface area contributed by atoms with Crippen LogP contribution in [-0.2, 0) is 9.47 Å². The second-order valence-electron chi connectivity index (χ2n) is 18.1. The molecule has 0 aromatic rings. The van der Waals surface area contributed by atoms with Gasteiger partial charge < -0.3 is 14.4 Å². The van der Waals surface area contributed by atoms with Gasteiger partial charge in [-0.3, -0.25) is 0 Å². The van der Waals surface area contributed by atoms with E-state index in [1.807, 2.05) is 0 Å². The fourth-order valence-electron chi connectivity index (χ4n) is 12.2. The third-order valence-corrected chi connectivity index (χ3v) is 15.1. The van der Waals surface area contributed by atoms with E-state index < -0.39 is 0 Å². The molecule has 9 unspecified atom stereocenters. The predicted molar refractivity (Wildman–Crippen MR) is 223 cm³/mol. The number of ether oxygens (including phenoxy) is 2. The van der Waals surface area contributed by atoms with E-state index in [-0.39, 0.29) is 18.3 Å². The Labute approximate surface area is 329 Å². The van der Waals surface area contributed by atoms with Crippen LogP contribution in [0, 0.1) is 35.5 Å². The van der Waals surface area contributed by atoms with Crippen LogP contribution in [0.5, 0.6) is 0 Å². The van der Waals surface area contributed by atoms with E-state index in [2.05, 4.69) is 120 Å². The van der Waals surface area contributed by atoms with Crippen molar-refractivity contribution in [3.05, 3.63) is 166 Å². The Morgan fingerprint density at radius 2 is 1.62 bits per heavy atom. The van der Waals surface area contributed by atoms with Gasteiger partial charge in [0.1, 0.15) is 11.9 Å². The molecule has 11 rings (SSSR count). The van der Waals surface area contributed by atoms with E-state index in [1.54, 1.807) is 28.0 Å². The van der Waals surface area contributed by atoms with Crippen molar-refractivity contribution in [1.29, 1.82) is 0 Å². The summed E-state index contributed by atoms with van der Waals surface area (Å²) >= 11 is 0. The molecular formula is C52H57NO2. The molecule has 0 amide bonds. The van der Waals surface area contributed by atoms with E-state index >= 15 is 0 Å². The second-order valence-corrected chi connectivity index (χ2v) is 18.1. The van der Waals surface area contributed by atoms with Crippen LogP contribution in [0.2, 0.25) is 0 Å². The topological polar surface area (TPSA) is 21.7 Å². The van der Waals surface area contributed by atoms with Crippen molar-refractivity contribution in [3.8, 4) is 0 Å². The van der Waals surface area contributed by atoms with Crippen molar-refractivity contribution in [3.63, 3.8) is 0 Å². The van der Waals surface area contributed by atoms with Gasteiger partial charge in [-0.1, -0.05) is 114 Å². The number of hydrogen-bond donors (Lipinski definition) is 0. The van der Waals surface area contributed by atoms with Crippen LogP contribution >= 0.6 is 0 Å². The Kier molecular flexibility index (Phi) is 8.98. The molecule has 0 N–H and O–H groups in total. The molecule has 0 saturated carbocycles. The maximum Gasteiger partial charge on any atom is 0.127 e. The minimum Gasteiger partial charge on any atom is -0.485 e. The zero-order valence-corrected chi connectivity index (χ0v) is 32.4. The summed E-state index contributed by atoms with van der Waals surface area (Å²) in [5, 5.41) is 0. The highest BCUT2D eigenvalue weighted by Gasteiger charge is 2.46. The number of rotatable bonds is 6. The van der Waals surface area contributed by atoms with E-state index in [0.717, 1.165) is 50.9 Å². The van der Waals surface area contributed by atoms with Crippen molar-refractivity contribution < 1.29 is 9.47 Å². The van der Waals surface area contributed by atoms with Gasteiger partial charge in [0.15, 0.2) is 0 Å². The molecule has 2 heterocycles. The Morgan fingerprint density at radius 1 is 0.673 bits per heavy atom. The summed E-state index contributed by atoms with van der Waals surface area (Å²) in [6.45, 7) is 0. The summed E-state index contributed by atoms with van der Waals surface area (Å²) in [6.07, 6.45) is 62.8. The van der Waals surface area contributed by atoms with Gasteiger partial charge in [0, 0.05) is 35.1 Å². The SMILES string of the molecule is C1=CCC(C2=CCCC3=C2OC2C=CC(C4CC=C(N(C5=CC=C([C@@H]6CCC7=C(CCC=C7)C6)CC5)C5C=CC6OC7C=CC=CC7C6C5)CC4)=CC32)C=C1. The Balaban J connectivity index is 0.847. The van der Waals surface area contributed by atoms with Gasteiger partial charge in [0.25, 0.3) is 0 Å². The fraction of sp³-hybridized carbons (Fsp3) is 0.462. The van der Waals surface area contributed by atoms with Crippen molar-refractivity contribution in [2.45, 2.75) is 114 Å². The molecule has 3 heteroatoms. The van der Waals surface area contributed by atoms with Gasteiger partial charge in [-0.15, -0.1) is 0 Å². The average Bonchev–Trinajstić information content (AvgIpc) is 3.82. The molecule has 282 valence electrons. The minimum atomic E-state index is 0.155. The molecule has 1 saturated heterocycles. The maximum atomic E-state index is 6.75. The monoisotopic (exact) mass is 727 g/mol. The van der Waals surface area contributed by atoms with E-state index in [0.29, 0.717) is 35.6 Å². The number of hydrogen-bond acceptors (Lipinski definition) is 3. The van der Waals surface area contributed by atoms with Crippen LogP contribution in [0.3, 0.4) is 0 Å². The first-order valence-electron chi connectivity index (χ1n) is 22.0. The third kappa shape index (κ3) is 6.30. The van der Waals surface area contributed by atoms with Crippen molar-refractivity contribution >= 4 is 0 Å². The maximum absolute atomic E-state index is 6.75. The summed E-state index contributed by atoms with van der Waals surface area (Å²) in [4.78, 5) is 2.81. The molecule has 0 bridgehead atoms. The molecule has 9 aliphatic carbocycles. The first-order chi connectivity index (χ1) is 27.2. The van der Waals surface area contributed by atoms with Crippen LogP contribution < -0.4 is 0 Å². The van der Waals surface area contributed by atoms with Crippen LogP contribution in [0.1, 0.15) is 89.9 Å². The molecule has 0 aromatic carbocycles. The second kappa shape index (κ2) is 14.5. The molecular weight excluding hydrogens is 671 g/mol. The van der Waals surface area contributed by atoms with Gasteiger partial charge in [-0.05, 0) is 136 Å². The average molecular weight is 728 g/mol. The van der Waals surface area contributed by atoms with Gasteiger partial charge in [-0.25, -0.2) is 0 Å². The van der Waals surface area contributed by atoms with Crippen LogP contribution in [-0.4, -0.2) is 29.3 Å². The largest absolute Gasteiger partial charge is 0.485 e. The quantitative estimate of drug-likeness (QED) is 0.254. The van der Waals surface area contributed by atoms with Crippen LogP contribution in [0.25, 0.3) is 0 Å². The van der Waals surface area contributed by atoms with E-state index in [1.165, 1.54) is 67.5 Å². The smallest absolute Gasteiger partial charge is 0.127 e.